The zero-order valence-corrected chi connectivity index (χ0v) is 26.9. The Labute approximate surface area is 273 Å². The first-order valence-corrected chi connectivity index (χ1v) is 16.4. The van der Waals surface area contributed by atoms with Crippen LogP contribution in [0.15, 0.2) is 60.8 Å². The molecule has 0 bridgehead atoms. The van der Waals surface area contributed by atoms with Crippen LogP contribution in [0.25, 0.3) is 44.2 Å². The first-order chi connectivity index (χ1) is 22.8. The minimum Gasteiger partial charge on any atom is -0.453 e. The lowest BCUT2D eigenvalue weighted by atomic mass is 9.99. The van der Waals surface area contributed by atoms with Crippen LogP contribution in [0.5, 0.6) is 0 Å². The highest BCUT2D eigenvalue weighted by Gasteiger charge is 2.38. The summed E-state index contributed by atoms with van der Waals surface area (Å²) in [5.41, 5.74) is 6.02. The number of benzene rings is 3. The summed E-state index contributed by atoms with van der Waals surface area (Å²) >= 11 is 0. The number of aliphatic hydroxyl groups excluding tert-OH is 1. The van der Waals surface area contributed by atoms with Crippen molar-refractivity contribution in [3.63, 3.8) is 0 Å². The van der Waals surface area contributed by atoms with Crippen LogP contribution >= 0.6 is 0 Å². The molecule has 47 heavy (non-hydrogen) atoms. The van der Waals surface area contributed by atoms with Gasteiger partial charge in [0.05, 0.1) is 48.2 Å². The minimum atomic E-state index is -0.874. The van der Waals surface area contributed by atoms with Gasteiger partial charge in [-0.3, -0.25) is 9.69 Å². The number of amides is 2. The van der Waals surface area contributed by atoms with Crippen LogP contribution in [0.2, 0.25) is 0 Å². The molecule has 4 N–H and O–H groups in total. The maximum atomic E-state index is 12.0. The molecule has 244 valence electrons. The number of methoxy groups -OCH3 is 1. The molecule has 0 saturated carbocycles. The topological polar surface area (TPSA) is 139 Å². The van der Waals surface area contributed by atoms with E-state index < -0.39 is 18.4 Å². The van der Waals surface area contributed by atoms with Crippen LogP contribution in [-0.2, 0) is 9.53 Å². The van der Waals surface area contributed by atoms with E-state index >= 15 is 0 Å². The monoisotopic (exact) mass is 635 g/mol. The summed E-state index contributed by atoms with van der Waals surface area (Å²) in [5, 5.41) is 16.4. The van der Waals surface area contributed by atoms with Crippen LogP contribution < -0.4 is 5.32 Å². The van der Waals surface area contributed by atoms with E-state index in [0.717, 1.165) is 94.5 Å². The lowest BCUT2D eigenvalue weighted by Crippen LogP contribution is -2.54. The van der Waals surface area contributed by atoms with Crippen molar-refractivity contribution in [1.82, 2.24) is 35.1 Å². The summed E-state index contributed by atoms with van der Waals surface area (Å²) < 4.78 is 4.79. The van der Waals surface area contributed by atoms with Crippen LogP contribution in [0.1, 0.15) is 63.3 Å². The molecule has 0 radical (unpaired) electrons. The number of carbonyl (C=O) groups is 2. The molecule has 2 saturated heterocycles. The predicted molar refractivity (Wildman–Crippen MR) is 180 cm³/mol. The zero-order chi connectivity index (χ0) is 32.7. The van der Waals surface area contributed by atoms with Crippen LogP contribution in [-0.4, -0.2) is 79.8 Å². The highest BCUT2D eigenvalue weighted by atomic mass is 16.5. The number of nitrogens with one attached hydrogen (secondary N) is 3. The summed E-state index contributed by atoms with van der Waals surface area (Å²) in [4.78, 5) is 43.8. The van der Waals surface area contributed by atoms with Gasteiger partial charge in [0.15, 0.2) is 0 Å². The second-order valence-electron chi connectivity index (χ2n) is 13.0. The average Bonchev–Trinajstić information content (AvgIpc) is 3.91. The molecule has 2 amide bonds. The van der Waals surface area contributed by atoms with Gasteiger partial charge in [-0.2, -0.15) is 0 Å². The molecule has 11 nitrogen and oxygen atoms in total. The van der Waals surface area contributed by atoms with E-state index in [2.05, 4.69) is 63.8 Å². The third kappa shape index (κ3) is 5.96. The largest absolute Gasteiger partial charge is 0.453 e. The summed E-state index contributed by atoms with van der Waals surface area (Å²) in [6.07, 6.45) is 5.05. The molecule has 2 aliphatic heterocycles. The Bertz CT molecular complexity index is 1920. The zero-order valence-electron chi connectivity index (χ0n) is 26.9. The Balaban J connectivity index is 1.09. The molecule has 0 spiro atoms. The molecular formula is C36H41N7O4. The van der Waals surface area contributed by atoms with Crippen LogP contribution in [0.4, 0.5) is 4.79 Å². The number of nitrogens with zero attached hydrogens (tertiary/aromatic N) is 4. The quantitative estimate of drug-likeness (QED) is 0.148. The number of H-pyrrole nitrogens is 2. The number of rotatable bonds is 9. The third-order valence-electron chi connectivity index (χ3n) is 9.78. The van der Waals surface area contributed by atoms with Crippen molar-refractivity contribution >= 4 is 34.3 Å². The maximum Gasteiger partial charge on any atom is 0.407 e. The normalized spacial score (nSPS) is 19.9. The van der Waals surface area contributed by atoms with Crippen LogP contribution in [0.3, 0.4) is 0 Å². The number of aromatic nitrogens is 4. The number of hydrogen-bond acceptors (Lipinski definition) is 7. The molecule has 4 atom stereocenters. The fourth-order valence-corrected chi connectivity index (χ4v) is 7.21. The van der Waals surface area contributed by atoms with Gasteiger partial charge in [0.2, 0.25) is 6.41 Å². The number of carbonyl (C=O) groups excluding carboxylic acids is 2. The van der Waals surface area contributed by atoms with Gasteiger partial charge < -0.3 is 30.0 Å². The molecule has 4 unspecified atom stereocenters. The number of imidazole rings is 2. The van der Waals surface area contributed by atoms with Crippen molar-refractivity contribution in [2.45, 2.75) is 63.9 Å². The van der Waals surface area contributed by atoms with E-state index in [9.17, 15) is 14.7 Å². The molecule has 5 aromatic rings. The first kappa shape index (κ1) is 30.9. The number of ether oxygens (including phenoxy) is 1. The van der Waals surface area contributed by atoms with Crippen molar-refractivity contribution in [2.75, 3.05) is 20.2 Å². The number of aromatic amines is 2. The van der Waals surface area contributed by atoms with E-state index in [4.69, 9.17) is 14.7 Å². The molecule has 2 fully saturated rings. The summed E-state index contributed by atoms with van der Waals surface area (Å²) in [6, 6.07) is 18.6. The smallest absolute Gasteiger partial charge is 0.407 e. The Morgan fingerprint density at radius 1 is 0.957 bits per heavy atom. The second-order valence-corrected chi connectivity index (χ2v) is 13.0. The Morgan fingerprint density at radius 3 is 2.43 bits per heavy atom. The third-order valence-corrected chi connectivity index (χ3v) is 9.78. The molecule has 2 aliphatic rings. The number of hydrogen-bond donors (Lipinski definition) is 4. The predicted octanol–water partition coefficient (Wildman–Crippen LogP) is 5.90. The molecule has 3 aromatic carbocycles. The second kappa shape index (κ2) is 12.8. The fourth-order valence-electron chi connectivity index (χ4n) is 7.21. The van der Waals surface area contributed by atoms with Gasteiger partial charge in [-0.15, -0.1) is 0 Å². The molecule has 4 heterocycles. The lowest BCUT2D eigenvalue weighted by Gasteiger charge is -2.35. The van der Waals surface area contributed by atoms with Gasteiger partial charge in [0, 0.05) is 18.7 Å². The lowest BCUT2D eigenvalue weighted by molar-refractivity contribution is -0.119. The van der Waals surface area contributed by atoms with Crippen molar-refractivity contribution in [3.8, 4) is 22.4 Å². The van der Waals surface area contributed by atoms with Crippen LogP contribution in [0, 0.1) is 5.92 Å². The number of alkyl carbamates (subject to hydrolysis) is 1. The van der Waals surface area contributed by atoms with E-state index in [1.807, 2.05) is 35.9 Å². The van der Waals surface area contributed by atoms with E-state index in [1.165, 1.54) is 7.11 Å². The van der Waals surface area contributed by atoms with Gasteiger partial charge in [0.1, 0.15) is 17.9 Å². The molecular weight excluding hydrogens is 594 g/mol. The van der Waals surface area contributed by atoms with E-state index in [1.54, 1.807) is 0 Å². The molecule has 7 rings (SSSR count). The summed E-state index contributed by atoms with van der Waals surface area (Å²) in [6.45, 7) is 5.42. The fraction of sp³-hybridized carbons (Fsp3) is 0.389. The van der Waals surface area contributed by atoms with Gasteiger partial charge >= 0.3 is 6.09 Å². The molecule has 11 heteroatoms. The standard InChI is InChI=1S/C36H41N7O4/c1-21(2)32(41-36(46)47-3)35(45)43-15-5-7-31(43)33-37-19-29(40-33)26-11-10-22-16-23(8-9-24(22)17-26)25-12-13-27-28(18-25)39-34(38-27)30-6-4-14-42(30)20-44/h8-13,16-21,30-32,35,45H,4-7,14-15H2,1-3H3,(H,37,40)(H,38,39)(H,41,46). The highest BCUT2D eigenvalue weighted by molar-refractivity contribution is 5.91. The summed E-state index contributed by atoms with van der Waals surface area (Å²) in [7, 11) is 1.33. The van der Waals surface area contributed by atoms with Gasteiger partial charge in [-0.1, -0.05) is 44.2 Å². The Morgan fingerprint density at radius 2 is 1.66 bits per heavy atom. The van der Waals surface area contributed by atoms with Crippen molar-refractivity contribution in [3.05, 3.63) is 72.4 Å². The minimum absolute atomic E-state index is 0.00848. The van der Waals surface area contributed by atoms with Gasteiger partial charge in [0.25, 0.3) is 0 Å². The molecule has 2 aromatic heterocycles. The number of likely N-dealkylation sites (tertiary alicyclic amines) is 2. The number of fused-ring (bicyclic) bond motifs is 2. The van der Waals surface area contributed by atoms with Gasteiger partial charge in [-0.05, 0) is 77.8 Å². The Kier molecular flexibility index (Phi) is 8.42. The van der Waals surface area contributed by atoms with Crippen molar-refractivity contribution in [2.24, 2.45) is 5.92 Å². The van der Waals surface area contributed by atoms with Crippen molar-refractivity contribution in [1.29, 1.82) is 0 Å². The molecule has 0 aliphatic carbocycles. The van der Waals surface area contributed by atoms with E-state index in [0.29, 0.717) is 6.54 Å². The SMILES string of the molecule is COC(=O)NC(C(C)C)C(O)N1CCCC1c1ncc(-c2ccc3cc(-c4ccc5nc(C6CCCN6C=O)[nH]c5c4)ccc3c2)[nH]1. The first-order valence-electron chi connectivity index (χ1n) is 16.4. The number of aliphatic hydroxyl groups is 1. The summed E-state index contributed by atoms with van der Waals surface area (Å²) in [5.74, 6) is 1.66. The van der Waals surface area contributed by atoms with Crippen molar-refractivity contribution < 1.29 is 19.4 Å². The maximum absolute atomic E-state index is 12.0. The Hall–Kier alpha value is -4.74. The average molecular weight is 636 g/mol. The van der Waals surface area contributed by atoms with Gasteiger partial charge in [-0.25, -0.2) is 14.8 Å². The van der Waals surface area contributed by atoms with E-state index in [-0.39, 0.29) is 18.0 Å². The highest BCUT2D eigenvalue weighted by Crippen LogP contribution is 2.36.